The van der Waals surface area contributed by atoms with Gasteiger partial charge in [0.15, 0.2) is 0 Å². The molecule has 0 radical (unpaired) electrons. The first kappa shape index (κ1) is 14.5. The Kier molecular flexibility index (Phi) is 4.18. The lowest BCUT2D eigenvalue weighted by Gasteiger charge is -2.32. The van der Waals surface area contributed by atoms with Gasteiger partial charge in [0, 0.05) is 34.8 Å². The summed E-state index contributed by atoms with van der Waals surface area (Å²) in [5.41, 5.74) is 6.43. The van der Waals surface area contributed by atoms with Crippen molar-refractivity contribution in [3.63, 3.8) is 0 Å². The maximum Gasteiger partial charge on any atom is 0.0593 e. The number of hydrogen-bond donors (Lipinski definition) is 2. The van der Waals surface area contributed by atoms with Crippen LogP contribution in [0.15, 0.2) is 12.1 Å². The number of fused-ring (bicyclic) bond motifs is 1. The molecule has 3 nitrogen and oxygen atoms in total. The summed E-state index contributed by atoms with van der Waals surface area (Å²) in [6.07, 6.45) is 3.08. The van der Waals surface area contributed by atoms with Crippen LogP contribution < -0.4 is 5.73 Å². The van der Waals surface area contributed by atoms with Crippen molar-refractivity contribution in [1.29, 1.82) is 0 Å². The van der Waals surface area contributed by atoms with E-state index in [1.807, 2.05) is 11.3 Å². The van der Waals surface area contributed by atoms with Gasteiger partial charge in [0.25, 0.3) is 0 Å². The van der Waals surface area contributed by atoms with E-state index >= 15 is 0 Å². The normalized spacial score (nSPS) is 33.3. The highest BCUT2D eigenvalue weighted by Crippen LogP contribution is 2.43. The van der Waals surface area contributed by atoms with Crippen molar-refractivity contribution in [2.24, 2.45) is 17.6 Å². The Morgan fingerprint density at radius 1 is 1.40 bits per heavy atom. The van der Waals surface area contributed by atoms with Crippen molar-refractivity contribution in [3.05, 3.63) is 21.9 Å². The second-order valence-electron chi connectivity index (χ2n) is 6.49. The van der Waals surface area contributed by atoms with Crippen LogP contribution in [0.1, 0.15) is 42.0 Å². The van der Waals surface area contributed by atoms with E-state index in [4.69, 9.17) is 5.73 Å². The van der Waals surface area contributed by atoms with E-state index in [9.17, 15) is 5.11 Å². The number of thiophene rings is 1. The van der Waals surface area contributed by atoms with Gasteiger partial charge in [-0.05, 0) is 44.2 Å². The van der Waals surface area contributed by atoms with Crippen LogP contribution in [0.3, 0.4) is 0 Å². The van der Waals surface area contributed by atoms with Gasteiger partial charge in [-0.1, -0.05) is 6.92 Å². The van der Waals surface area contributed by atoms with Crippen LogP contribution in [-0.2, 0) is 0 Å². The topological polar surface area (TPSA) is 49.5 Å². The SMILES string of the molecule is CCC(N)C(c1ccc(C)s1)N1CC2CCC(O)C2C1. The highest BCUT2D eigenvalue weighted by Gasteiger charge is 2.44. The quantitative estimate of drug-likeness (QED) is 0.897. The molecule has 5 unspecified atom stereocenters. The van der Waals surface area contributed by atoms with Gasteiger partial charge in [0.05, 0.1) is 12.1 Å². The molecule has 1 aliphatic carbocycles. The van der Waals surface area contributed by atoms with E-state index in [0.717, 1.165) is 25.9 Å². The van der Waals surface area contributed by atoms with Gasteiger partial charge in [-0.15, -0.1) is 11.3 Å². The number of likely N-dealkylation sites (tertiary alicyclic amines) is 1. The van der Waals surface area contributed by atoms with E-state index in [1.54, 1.807) is 0 Å². The lowest BCUT2D eigenvalue weighted by atomic mass is 9.99. The first-order valence-corrected chi connectivity index (χ1v) is 8.65. The zero-order valence-electron chi connectivity index (χ0n) is 12.5. The maximum atomic E-state index is 10.1. The minimum Gasteiger partial charge on any atom is -0.393 e. The molecular weight excluding hydrogens is 268 g/mol. The average Bonchev–Trinajstić information content (AvgIpc) is 3.10. The maximum absolute atomic E-state index is 10.1. The van der Waals surface area contributed by atoms with Crippen molar-refractivity contribution in [2.75, 3.05) is 13.1 Å². The van der Waals surface area contributed by atoms with Gasteiger partial charge in [-0.2, -0.15) is 0 Å². The molecule has 0 bridgehead atoms. The van der Waals surface area contributed by atoms with Crippen LogP contribution in [0.25, 0.3) is 0 Å². The molecule has 1 saturated heterocycles. The third-order valence-corrected chi connectivity index (χ3v) is 6.24. The third kappa shape index (κ3) is 2.54. The highest BCUT2D eigenvalue weighted by atomic mass is 32.1. The van der Waals surface area contributed by atoms with Crippen LogP contribution >= 0.6 is 11.3 Å². The summed E-state index contributed by atoms with van der Waals surface area (Å²) in [4.78, 5) is 5.29. The largest absolute Gasteiger partial charge is 0.393 e. The molecule has 20 heavy (non-hydrogen) atoms. The summed E-state index contributed by atoms with van der Waals surface area (Å²) < 4.78 is 0. The van der Waals surface area contributed by atoms with Crippen molar-refractivity contribution in [2.45, 2.75) is 51.3 Å². The van der Waals surface area contributed by atoms with Gasteiger partial charge in [-0.3, -0.25) is 4.90 Å². The summed E-state index contributed by atoms with van der Waals surface area (Å²) in [5.74, 6) is 1.15. The molecule has 0 aromatic carbocycles. The van der Waals surface area contributed by atoms with Gasteiger partial charge in [-0.25, -0.2) is 0 Å². The minimum absolute atomic E-state index is 0.0893. The fourth-order valence-electron chi connectivity index (χ4n) is 4.00. The minimum atomic E-state index is -0.0893. The Bertz CT molecular complexity index is 461. The fraction of sp³-hybridized carbons (Fsp3) is 0.750. The van der Waals surface area contributed by atoms with E-state index in [2.05, 4.69) is 30.9 Å². The van der Waals surface area contributed by atoms with Crippen molar-refractivity contribution < 1.29 is 5.11 Å². The molecule has 0 spiro atoms. The number of hydrogen-bond acceptors (Lipinski definition) is 4. The molecule has 5 atom stereocenters. The first-order chi connectivity index (χ1) is 9.60. The number of rotatable bonds is 4. The van der Waals surface area contributed by atoms with Gasteiger partial charge in [0.1, 0.15) is 0 Å². The van der Waals surface area contributed by atoms with E-state index in [0.29, 0.717) is 17.9 Å². The Morgan fingerprint density at radius 2 is 2.20 bits per heavy atom. The second kappa shape index (κ2) is 5.76. The smallest absolute Gasteiger partial charge is 0.0593 e. The molecule has 2 aliphatic rings. The average molecular weight is 294 g/mol. The number of aryl methyl sites for hydroxylation is 1. The summed E-state index contributed by atoms with van der Waals surface area (Å²) >= 11 is 1.87. The Morgan fingerprint density at radius 3 is 2.80 bits per heavy atom. The highest BCUT2D eigenvalue weighted by molar-refractivity contribution is 7.12. The van der Waals surface area contributed by atoms with Crippen molar-refractivity contribution in [1.82, 2.24) is 4.90 Å². The van der Waals surface area contributed by atoms with Crippen molar-refractivity contribution in [3.8, 4) is 0 Å². The van der Waals surface area contributed by atoms with Crippen LogP contribution in [0.2, 0.25) is 0 Å². The molecule has 112 valence electrons. The second-order valence-corrected chi connectivity index (χ2v) is 7.81. The van der Waals surface area contributed by atoms with Gasteiger partial charge < -0.3 is 10.8 Å². The van der Waals surface area contributed by atoms with Crippen LogP contribution in [0.4, 0.5) is 0 Å². The van der Waals surface area contributed by atoms with E-state index in [1.165, 1.54) is 16.2 Å². The number of aliphatic hydroxyl groups excluding tert-OH is 1. The molecule has 1 saturated carbocycles. The van der Waals surface area contributed by atoms with Gasteiger partial charge >= 0.3 is 0 Å². The molecule has 1 aliphatic heterocycles. The van der Waals surface area contributed by atoms with Gasteiger partial charge in [0.2, 0.25) is 0 Å². The number of nitrogens with two attached hydrogens (primary N) is 1. The summed E-state index contributed by atoms with van der Waals surface area (Å²) in [7, 11) is 0. The first-order valence-electron chi connectivity index (χ1n) is 7.84. The standard InChI is InChI=1S/C16H26N2OS/c1-3-13(17)16(15-7-4-10(2)20-15)18-8-11-5-6-14(19)12(11)9-18/h4,7,11-14,16,19H,3,5-6,8-9,17H2,1-2H3. The van der Waals surface area contributed by atoms with Crippen LogP contribution in [0, 0.1) is 18.8 Å². The molecule has 3 rings (SSSR count). The lowest BCUT2D eigenvalue weighted by Crippen LogP contribution is -2.40. The zero-order valence-corrected chi connectivity index (χ0v) is 13.3. The molecule has 1 aromatic heterocycles. The molecule has 0 amide bonds. The number of nitrogens with zero attached hydrogens (tertiary/aromatic N) is 1. The summed E-state index contributed by atoms with van der Waals surface area (Å²) in [6, 6.07) is 4.95. The van der Waals surface area contributed by atoms with E-state index < -0.39 is 0 Å². The molecule has 2 fully saturated rings. The molecule has 4 heteroatoms. The number of aliphatic hydroxyl groups is 1. The Labute approximate surface area is 125 Å². The predicted molar refractivity (Wildman–Crippen MR) is 83.9 cm³/mol. The zero-order chi connectivity index (χ0) is 14.3. The molecule has 2 heterocycles. The molecular formula is C16H26N2OS. The Balaban J connectivity index is 1.80. The predicted octanol–water partition coefficient (Wildman–Crippen LogP) is 2.54. The Hall–Kier alpha value is -0.420. The van der Waals surface area contributed by atoms with E-state index in [-0.39, 0.29) is 12.1 Å². The fourth-order valence-corrected chi connectivity index (χ4v) is 5.08. The summed E-state index contributed by atoms with van der Waals surface area (Å²) in [6.45, 7) is 6.45. The van der Waals surface area contributed by atoms with Crippen molar-refractivity contribution >= 4 is 11.3 Å². The summed E-state index contributed by atoms with van der Waals surface area (Å²) in [5, 5.41) is 10.1. The third-order valence-electron chi connectivity index (χ3n) is 5.17. The lowest BCUT2D eigenvalue weighted by molar-refractivity contribution is 0.114. The van der Waals surface area contributed by atoms with Crippen LogP contribution in [-0.4, -0.2) is 35.2 Å². The monoisotopic (exact) mass is 294 g/mol. The van der Waals surface area contributed by atoms with Crippen LogP contribution in [0.5, 0.6) is 0 Å². The molecule has 1 aromatic rings. The molecule has 3 N–H and O–H groups in total.